The lowest BCUT2D eigenvalue weighted by atomic mass is 9.54. The van der Waals surface area contributed by atoms with Gasteiger partial charge in [0.1, 0.15) is 0 Å². The zero-order valence-corrected chi connectivity index (χ0v) is 15.3. The summed E-state index contributed by atoms with van der Waals surface area (Å²) < 4.78 is 0. The molecule has 4 aliphatic carbocycles. The molecule has 6 rings (SSSR count). The molecule has 26 heavy (non-hydrogen) atoms. The van der Waals surface area contributed by atoms with Gasteiger partial charge in [0.05, 0.1) is 5.56 Å². The summed E-state index contributed by atoms with van der Waals surface area (Å²) in [6.45, 7) is 1.90. The highest BCUT2D eigenvalue weighted by Gasteiger charge is 2.48. The third kappa shape index (κ3) is 2.54. The van der Waals surface area contributed by atoms with E-state index >= 15 is 0 Å². The highest BCUT2D eigenvalue weighted by Crippen LogP contribution is 2.54. The number of hydrogen-bond donors (Lipinski definition) is 3. The van der Waals surface area contributed by atoms with Crippen LogP contribution in [-0.4, -0.2) is 16.9 Å². The van der Waals surface area contributed by atoms with E-state index in [2.05, 4.69) is 34.6 Å². The first-order valence-electron chi connectivity index (χ1n) is 9.94. The molecule has 4 nitrogen and oxygen atoms in total. The van der Waals surface area contributed by atoms with Gasteiger partial charge in [-0.05, 0) is 74.8 Å². The Kier molecular flexibility index (Phi) is 3.63. The Labute approximate surface area is 154 Å². The van der Waals surface area contributed by atoms with Crippen molar-refractivity contribution in [2.45, 2.75) is 45.1 Å². The number of nitrogens with two attached hydrogens (primary N) is 1. The number of aromatic amines is 1. The van der Waals surface area contributed by atoms with Crippen LogP contribution in [0.1, 0.15) is 48.2 Å². The fourth-order valence-corrected chi connectivity index (χ4v) is 6.14. The minimum atomic E-state index is -0.378. The Balaban J connectivity index is 1.46. The van der Waals surface area contributed by atoms with Gasteiger partial charge in [-0.1, -0.05) is 18.2 Å². The lowest BCUT2D eigenvalue weighted by Crippen LogP contribution is -2.51. The van der Waals surface area contributed by atoms with E-state index in [0.29, 0.717) is 11.6 Å². The van der Waals surface area contributed by atoms with E-state index < -0.39 is 0 Å². The Morgan fingerprint density at radius 3 is 2.35 bits per heavy atom. The minimum Gasteiger partial charge on any atom is -0.381 e. The Bertz CT molecular complexity index is 825. The number of rotatable bonds is 4. The zero-order valence-electron chi connectivity index (χ0n) is 15.3. The smallest absolute Gasteiger partial charge is 0.250 e. The number of amides is 1. The average Bonchev–Trinajstić information content (AvgIpc) is 3.00. The highest BCUT2D eigenvalue weighted by atomic mass is 16.1. The van der Waals surface area contributed by atoms with E-state index in [9.17, 15) is 4.79 Å². The topological polar surface area (TPSA) is 70.9 Å². The molecule has 136 valence electrons. The van der Waals surface area contributed by atoms with Crippen molar-refractivity contribution in [3.05, 3.63) is 41.6 Å². The van der Waals surface area contributed by atoms with E-state index in [-0.39, 0.29) is 5.91 Å². The van der Waals surface area contributed by atoms with Gasteiger partial charge in [-0.3, -0.25) is 4.79 Å². The number of nitrogens with one attached hydrogen (secondary N) is 2. The summed E-state index contributed by atoms with van der Waals surface area (Å²) in [6, 6.07) is 10.9. The van der Waals surface area contributed by atoms with Gasteiger partial charge >= 0.3 is 0 Å². The largest absolute Gasteiger partial charge is 0.381 e. The number of benzene rings is 1. The Morgan fingerprint density at radius 2 is 1.73 bits per heavy atom. The highest BCUT2D eigenvalue weighted by molar-refractivity contribution is 5.96. The van der Waals surface area contributed by atoms with Crippen molar-refractivity contribution in [2.24, 2.45) is 29.4 Å². The van der Waals surface area contributed by atoms with Crippen LogP contribution in [0, 0.1) is 30.6 Å². The molecule has 4 bridgehead atoms. The minimum absolute atomic E-state index is 0.378. The lowest BCUT2D eigenvalue weighted by Gasteiger charge is -2.54. The second-order valence-corrected chi connectivity index (χ2v) is 8.73. The molecule has 4 fully saturated rings. The molecule has 1 aromatic heterocycles. The van der Waals surface area contributed by atoms with Crippen LogP contribution in [0.5, 0.6) is 0 Å². The van der Waals surface area contributed by atoms with E-state index in [0.717, 1.165) is 40.6 Å². The van der Waals surface area contributed by atoms with Crippen molar-refractivity contribution in [3.8, 4) is 11.3 Å². The van der Waals surface area contributed by atoms with Gasteiger partial charge in [0.2, 0.25) is 0 Å². The summed E-state index contributed by atoms with van der Waals surface area (Å²) in [5.74, 6) is 3.23. The maximum absolute atomic E-state index is 11.6. The number of anilines is 1. The lowest BCUT2D eigenvalue weighted by molar-refractivity contribution is 0.00755. The molecule has 4 saturated carbocycles. The number of carbonyl (C=O) groups excluding carboxylic acids is 1. The summed E-state index contributed by atoms with van der Waals surface area (Å²) >= 11 is 0. The fraction of sp³-hybridized carbons (Fsp3) is 0.500. The first kappa shape index (κ1) is 16.0. The molecule has 2 aromatic rings. The van der Waals surface area contributed by atoms with E-state index in [1.165, 1.54) is 37.8 Å². The normalized spacial score (nSPS) is 32.0. The summed E-state index contributed by atoms with van der Waals surface area (Å²) in [6.07, 6.45) is 7.09. The van der Waals surface area contributed by atoms with Gasteiger partial charge in [-0.25, -0.2) is 0 Å². The van der Waals surface area contributed by atoms with E-state index in [1.54, 1.807) is 0 Å². The summed E-state index contributed by atoms with van der Waals surface area (Å²) in [7, 11) is 0. The van der Waals surface area contributed by atoms with Crippen molar-refractivity contribution >= 4 is 11.6 Å². The Morgan fingerprint density at radius 1 is 1.08 bits per heavy atom. The second kappa shape index (κ2) is 5.90. The van der Waals surface area contributed by atoms with Crippen LogP contribution in [-0.2, 0) is 0 Å². The van der Waals surface area contributed by atoms with Crippen molar-refractivity contribution in [1.29, 1.82) is 0 Å². The van der Waals surface area contributed by atoms with Crippen LogP contribution in [0.15, 0.2) is 30.3 Å². The van der Waals surface area contributed by atoms with Gasteiger partial charge < -0.3 is 16.0 Å². The SMILES string of the molecule is Cc1[nH]c(-c2ccccc2NC2C3CC4CC(C3)CC2C4)cc1C(N)=O. The quantitative estimate of drug-likeness (QED) is 0.769. The monoisotopic (exact) mass is 349 g/mol. The molecule has 0 unspecified atom stereocenters. The fourth-order valence-electron chi connectivity index (χ4n) is 6.14. The van der Waals surface area contributed by atoms with Crippen LogP contribution in [0.3, 0.4) is 0 Å². The van der Waals surface area contributed by atoms with Crippen LogP contribution in [0.25, 0.3) is 11.3 Å². The summed E-state index contributed by atoms with van der Waals surface area (Å²) in [5.41, 5.74) is 10.2. The molecule has 0 saturated heterocycles. The van der Waals surface area contributed by atoms with Crippen molar-refractivity contribution < 1.29 is 4.79 Å². The van der Waals surface area contributed by atoms with Crippen LogP contribution >= 0.6 is 0 Å². The summed E-state index contributed by atoms with van der Waals surface area (Å²) in [5, 5.41) is 3.91. The standard InChI is InChI=1S/C22H27N3O/c1-12-18(22(23)26)11-20(24-12)17-4-2-3-5-19(17)25-21-15-7-13-6-14(9-15)10-16(21)8-13/h2-5,11,13-16,21,24-25H,6-10H2,1H3,(H2,23,26). The van der Waals surface area contributed by atoms with Gasteiger partial charge in [0.15, 0.2) is 0 Å². The molecular weight excluding hydrogens is 322 g/mol. The maximum atomic E-state index is 11.6. The first-order chi connectivity index (χ1) is 12.6. The predicted octanol–water partition coefficient (Wildman–Crippen LogP) is 4.33. The number of para-hydroxylation sites is 1. The maximum Gasteiger partial charge on any atom is 0.250 e. The number of aromatic nitrogens is 1. The van der Waals surface area contributed by atoms with Crippen molar-refractivity contribution in [2.75, 3.05) is 5.32 Å². The molecule has 0 spiro atoms. The number of carbonyl (C=O) groups is 1. The molecule has 1 heterocycles. The third-order valence-electron chi connectivity index (χ3n) is 7.05. The number of aryl methyl sites for hydroxylation is 1. The number of H-pyrrole nitrogens is 1. The second-order valence-electron chi connectivity index (χ2n) is 8.73. The average molecular weight is 349 g/mol. The molecule has 4 N–H and O–H groups in total. The van der Waals surface area contributed by atoms with Crippen molar-refractivity contribution in [3.63, 3.8) is 0 Å². The molecule has 0 radical (unpaired) electrons. The number of primary amides is 1. The molecule has 4 heteroatoms. The molecular formula is C22H27N3O. The van der Waals surface area contributed by atoms with Crippen LogP contribution in [0.2, 0.25) is 0 Å². The zero-order chi connectivity index (χ0) is 17.8. The van der Waals surface area contributed by atoms with E-state index in [4.69, 9.17) is 5.73 Å². The molecule has 0 aliphatic heterocycles. The predicted molar refractivity (Wildman–Crippen MR) is 104 cm³/mol. The summed E-state index contributed by atoms with van der Waals surface area (Å²) in [4.78, 5) is 15.0. The molecule has 4 aliphatic rings. The molecule has 1 aromatic carbocycles. The van der Waals surface area contributed by atoms with E-state index in [1.807, 2.05) is 13.0 Å². The van der Waals surface area contributed by atoms with Gasteiger partial charge in [-0.15, -0.1) is 0 Å². The Hall–Kier alpha value is -2.23. The third-order valence-corrected chi connectivity index (χ3v) is 7.05. The van der Waals surface area contributed by atoms with Crippen LogP contribution in [0.4, 0.5) is 5.69 Å². The van der Waals surface area contributed by atoms with Crippen LogP contribution < -0.4 is 11.1 Å². The first-order valence-corrected chi connectivity index (χ1v) is 9.94. The molecule has 1 amide bonds. The number of hydrogen-bond acceptors (Lipinski definition) is 2. The van der Waals surface area contributed by atoms with Crippen molar-refractivity contribution in [1.82, 2.24) is 4.98 Å². The molecule has 0 atom stereocenters. The van der Waals surface area contributed by atoms with Gasteiger partial charge in [0, 0.05) is 28.7 Å². The van der Waals surface area contributed by atoms with Gasteiger partial charge in [0.25, 0.3) is 5.91 Å². The van der Waals surface area contributed by atoms with Gasteiger partial charge in [-0.2, -0.15) is 0 Å².